The molecule has 0 spiro atoms. The van der Waals surface area contributed by atoms with Crippen LogP contribution in [-0.4, -0.2) is 22.0 Å². The highest BCUT2D eigenvalue weighted by Crippen LogP contribution is 2.26. The van der Waals surface area contributed by atoms with E-state index in [0.29, 0.717) is 23.4 Å². The minimum Gasteiger partial charge on any atom is -0.357 e. The topological polar surface area (TPSA) is 122 Å². The highest BCUT2D eigenvalue weighted by atomic mass is 15.3. The molecule has 8 heteroatoms. The average molecular weight is 396 g/mol. The van der Waals surface area contributed by atoms with Gasteiger partial charge in [0.25, 0.3) is 0 Å². The molecular formula is C22H20N8. The van der Waals surface area contributed by atoms with Gasteiger partial charge in [0.15, 0.2) is 0 Å². The molecule has 2 aromatic carbocycles. The SMILES string of the molecule is CNc1nc(Nc2ccc(C#N)cc2)nc(Nc2c(C)cc(/C=C/C#N)cc2C)n1. The van der Waals surface area contributed by atoms with Gasteiger partial charge in [-0.3, -0.25) is 0 Å². The van der Waals surface area contributed by atoms with E-state index in [-0.39, 0.29) is 0 Å². The molecule has 0 radical (unpaired) electrons. The number of benzene rings is 2. The van der Waals surface area contributed by atoms with Crippen LogP contribution < -0.4 is 16.0 Å². The molecule has 0 atom stereocenters. The zero-order chi connectivity index (χ0) is 21.5. The molecule has 0 saturated heterocycles. The number of anilines is 5. The van der Waals surface area contributed by atoms with Gasteiger partial charge in [0.05, 0.1) is 17.7 Å². The molecule has 8 nitrogen and oxygen atoms in total. The third-order valence-corrected chi connectivity index (χ3v) is 4.27. The summed E-state index contributed by atoms with van der Waals surface area (Å²) in [4.78, 5) is 13.2. The molecule has 0 amide bonds. The van der Waals surface area contributed by atoms with Crippen LogP contribution in [0.2, 0.25) is 0 Å². The normalized spacial score (nSPS) is 10.3. The minimum atomic E-state index is 0.366. The first-order valence-electron chi connectivity index (χ1n) is 9.18. The van der Waals surface area contributed by atoms with Crippen LogP contribution >= 0.6 is 0 Å². The molecule has 3 N–H and O–H groups in total. The minimum absolute atomic E-state index is 0.366. The third-order valence-electron chi connectivity index (χ3n) is 4.27. The van der Waals surface area contributed by atoms with Gasteiger partial charge in [-0.05, 0) is 73.0 Å². The van der Waals surface area contributed by atoms with Crippen LogP contribution in [0.4, 0.5) is 29.2 Å². The van der Waals surface area contributed by atoms with Gasteiger partial charge in [-0.25, -0.2) is 0 Å². The summed E-state index contributed by atoms with van der Waals surface area (Å²) in [6, 6.07) is 15.1. The maximum atomic E-state index is 8.93. The summed E-state index contributed by atoms with van der Waals surface area (Å²) >= 11 is 0. The lowest BCUT2D eigenvalue weighted by Crippen LogP contribution is -2.08. The average Bonchev–Trinajstić information content (AvgIpc) is 2.75. The summed E-state index contributed by atoms with van der Waals surface area (Å²) in [5.41, 5.74) is 5.18. The quantitative estimate of drug-likeness (QED) is 0.523. The molecule has 30 heavy (non-hydrogen) atoms. The Hall–Kier alpha value is -4.43. The number of rotatable bonds is 6. The Morgan fingerprint density at radius 2 is 1.47 bits per heavy atom. The number of nitrogens with zero attached hydrogens (tertiary/aromatic N) is 5. The van der Waals surface area contributed by atoms with E-state index in [4.69, 9.17) is 10.5 Å². The van der Waals surface area contributed by atoms with Crippen molar-refractivity contribution in [2.75, 3.05) is 23.0 Å². The predicted molar refractivity (Wildman–Crippen MR) is 118 cm³/mol. The number of nitriles is 2. The van der Waals surface area contributed by atoms with E-state index in [1.165, 1.54) is 6.08 Å². The summed E-state index contributed by atoms with van der Waals surface area (Å²) in [6.45, 7) is 3.96. The molecule has 0 aliphatic heterocycles. The summed E-state index contributed by atoms with van der Waals surface area (Å²) < 4.78 is 0. The van der Waals surface area contributed by atoms with Gasteiger partial charge < -0.3 is 16.0 Å². The number of nitrogens with one attached hydrogen (secondary N) is 3. The van der Waals surface area contributed by atoms with Crippen LogP contribution in [0.25, 0.3) is 6.08 Å². The van der Waals surface area contributed by atoms with E-state index in [1.807, 2.05) is 32.0 Å². The lowest BCUT2D eigenvalue weighted by atomic mass is 10.0. The maximum absolute atomic E-state index is 8.93. The number of aryl methyl sites for hydroxylation is 2. The van der Waals surface area contributed by atoms with Gasteiger partial charge in [0.1, 0.15) is 0 Å². The smallest absolute Gasteiger partial charge is 0.233 e. The van der Waals surface area contributed by atoms with E-state index in [0.717, 1.165) is 28.1 Å². The molecule has 3 aromatic rings. The summed E-state index contributed by atoms with van der Waals surface area (Å²) in [7, 11) is 1.73. The monoisotopic (exact) mass is 396 g/mol. The Bertz CT molecular complexity index is 1140. The van der Waals surface area contributed by atoms with Gasteiger partial charge in [0, 0.05) is 24.5 Å². The number of allylic oxidation sites excluding steroid dienone is 1. The van der Waals surface area contributed by atoms with Crippen molar-refractivity contribution in [3.8, 4) is 12.1 Å². The van der Waals surface area contributed by atoms with Crippen molar-refractivity contribution in [1.82, 2.24) is 15.0 Å². The highest BCUT2D eigenvalue weighted by molar-refractivity contribution is 5.68. The standard InChI is InChI=1S/C22H20N8/c1-14-11-17(5-4-10-23)12-15(2)19(14)27-22-29-20(25-3)28-21(30-22)26-18-8-6-16(13-24)7-9-18/h4-9,11-12H,1-3H3,(H3,25,26,27,28,29,30)/b5-4+. The number of hydrogen-bond acceptors (Lipinski definition) is 8. The van der Waals surface area contributed by atoms with E-state index in [2.05, 4.69) is 37.0 Å². The van der Waals surface area contributed by atoms with E-state index >= 15 is 0 Å². The number of aromatic nitrogens is 3. The van der Waals surface area contributed by atoms with Crippen molar-refractivity contribution in [2.24, 2.45) is 0 Å². The number of hydrogen-bond donors (Lipinski definition) is 3. The van der Waals surface area contributed by atoms with Crippen molar-refractivity contribution in [3.05, 3.63) is 64.7 Å². The van der Waals surface area contributed by atoms with Crippen LogP contribution in [-0.2, 0) is 0 Å². The van der Waals surface area contributed by atoms with E-state index < -0.39 is 0 Å². The second-order valence-corrected chi connectivity index (χ2v) is 6.49. The lowest BCUT2D eigenvalue weighted by Gasteiger charge is -2.14. The molecule has 0 unspecified atom stereocenters. The molecular weight excluding hydrogens is 376 g/mol. The van der Waals surface area contributed by atoms with Gasteiger partial charge in [-0.15, -0.1) is 0 Å². The van der Waals surface area contributed by atoms with Crippen LogP contribution in [0.1, 0.15) is 22.3 Å². The van der Waals surface area contributed by atoms with Crippen LogP contribution in [0.15, 0.2) is 42.5 Å². The fraction of sp³-hybridized carbons (Fsp3) is 0.136. The van der Waals surface area contributed by atoms with Crippen LogP contribution in [0.5, 0.6) is 0 Å². The zero-order valence-electron chi connectivity index (χ0n) is 16.9. The zero-order valence-corrected chi connectivity index (χ0v) is 16.9. The molecule has 0 fully saturated rings. The molecule has 0 aliphatic rings. The Morgan fingerprint density at radius 1 is 0.867 bits per heavy atom. The van der Waals surface area contributed by atoms with Gasteiger partial charge >= 0.3 is 0 Å². The first kappa shape index (κ1) is 20.3. The maximum Gasteiger partial charge on any atom is 0.233 e. The van der Waals surface area contributed by atoms with Crippen molar-refractivity contribution in [1.29, 1.82) is 10.5 Å². The lowest BCUT2D eigenvalue weighted by molar-refractivity contribution is 1.05. The molecule has 3 rings (SSSR count). The summed E-state index contributed by atoms with van der Waals surface area (Å²) in [5, 5.41) is 27.0. The predicted octanol–water partition coefficient (Wildman–Crippen LogP) is 4.43. The Labute approximate surface area is 175 Å². The van der Waals surface area contributed by atoms with Gasteiger partial charge in [-0.1, -0.05) is 0 Å². The first-order valence-corrected chi connectivity index (χ1v) is 9.18. The third kappa shape index (κ3) is 4.89. The van der Waals surface area contributed by atoms with Crippen molar-refractivity contribution in [2.45, 2.75) is 13.8 Å². The second-order valence-electron chi connectivity index (χ2n) is 6.49. The highest BCUT2D eigenvalue weighted by Gasteiger charge is 2.10. The van der Waals surface area contributed by atoms with Crippen molar-refractivity contribution >= 4 is 35.3 Å². The molecule has 0 aliphatic carbocycles. The molecule has 148 valence electrons. The van der Waals surface area contributed by atoms with Gasteiger partial charge in [0.2, 0.25) is 17.8 Å². The second kappa shape index (κ2) is 9.18. The Morgan fingerprint density at radius 3 is 2.03 bits per heavy atom. The largest absolute Gasteiger partial charge is 0.357 e. The fourth-order valence-electron chi connectivity index (χ4n) is 2.89. The molecule has 0 saturated carbocycles. The molecule has 1 aromatic heterocycles. The molecule has 1 heterocycles. The fourth-order valence-corrected chi connectivity index (χ4v) is 2.89. The summed E-state index contributed by atoms with van der Waals surface area (Å²) in [5.74, 6) is 1.16. The summed E-state index contributed by atoms with van der Waals surface area (Å²) in [6.07, 6.45) is 3.22. The van der Waals surface area contributed by atoms with Crippen LogP contribution in [0, 0.1) is 36.5 Å². The van der Waals surface area contributed by atoms with E-state index in [1.54, 1.807) is 37.4 Å². The molecule has 0 bridgehead atoms. The van der Waals surface area contributed by atoms with Crippen molar-refractivity contribution in [3.63, 3.8) is 0 Å². The van der Waals surface area contributed by atoms with E-state index in [9.17, 15) is 0 Å². The Balaban J connectivity index is 1.89. The van der Waals surface area contributed by atoms with Gasteiger partial charge in [-0.2, -0.15) is 25.5 Å². The van der Waals surface area contributed by atoms with Crippen LogP contribution in [0.3, 0.4) is 0 Å². The van der Waals surface area contributed by atoms with Crippen molar-refractivity contribution < 1.29 is 0 Å². The first-order chi connectivity index (χ1) is 14.5. The Kier molecular flexibility index (Phi) is 6.21.